The highest BCUT2D eigenvalue weighted by atomic mass is 32.1. The van der Waals surface area contributed by atoms with Gasteiger partial charge < -0.3 is 15.2 Å². The summed E-state index contributed by atoms with van der Waals surface area (Å²) in [4.78, 5) is 13.0. The van der Waals surface area contributed by atoms with Crippen LogP contribution >= 0.6 is 11.3 Å². The third kappa shape index (κ3) is 3.01. The molecule has 0 spiro atoms. The number of nitrogens with zero attached hydrogens (tertiary/aromatic N) is 5. The van der Waals surface area contributed by atoms with Gasteiger partial charge in [0.25, 0.3) is 0 Å². The lowest BCUT2D eigenvalue weighted by atomic mass is 10.1. The topological polar surface area (TPSA) is 98.0 Å². The van der Waals surface area contributed by atoms with E-state index in [9.17, 15) is 5.11 Å². The number of methoxy groups -OCH3 is 1. The number of benzene rings is 2. The van der Waals surface area contributed by atoms with Gasteiger partial charge in [-0.25, -0.2) is 15.0 Å². The van der Waals surface area contributed by atoms with Crippen LogP contribution in [-0.4, -0.2) is 36.9 Å². The molecule has 5 aromatic rings. The summed E-state index contributed by atoms with van der Waals surface area (Å²) >= 11 is 1.57. The summed E-state index contributed by atoms with van der Waals surface area (Å²) in [5, 5.41) is 18.9. The van der Waals surface area contributed by atoms with Crippen LogP contribution in [0.25, 0.3) is 32.2 Å². The molecule has 5 rings (SSSR count). The van der Waals surface area contributed by atoms with Crippen LogP contribution in [0.3, 0.4) is 0 Å². The number of ether oxygens (including phenoxy) is 1. The molecule has 2 N–H and O–H groups in total. The number of nitrogens with one attached hydrogen (secondary N) is 1. The second-order valence-corrected chi connectivity index (χ2v) is 7.38. The van der Waals surface area contributed by atoms with Crippen molar-refractivity contribution in [2.75, 3.05) is 12.4 Å². The maximum atomic E-state index is 10.8. The Labute approximate surface area is 169 Å². The SMILES string of the molecule is COc1nn(C)cc1-c1cc(O)c2c(Nc3ccc4ncsc4c3)ncnc2c1. The fourth-order valence-corrected chi connectivity index (χ4v) is 4.02. The zero-order valence-corrected chi connectivity index (χ0v) is 16.4. The fourth-order valence-electron chi connectivity index (χ4n) is 3.31. The second kappa shape index (κ2) is 6.71. The van der Waals surface area contributed by atoms with Gasteiger partial charge in [-0.2, -0.15) is 0 Å². The van der Waals surface area contributed by atoms with Gasteiger partial charge in [0.2, 0.25) is 5.88 Å². The number of phenols is 1. The minimum Gasteiger partial charge on any atom is -0.507 e. The Morgan fingerprint density at radius 3 is 2.86 bits per heavy atom. The molecule has 0 unspecified atom stereocenters. The molecule has 0 saturated heterocycles. The monoisotopic (exact) mass is 404 g/mol. The van der Waals surface area contributed by atoms with Gasteiger partial charge >= 0.3 is 0 Å². The molecule has 3 heterocycles. The molecule has 0 aliphatic heterocycles. The van der Waals surface area contributed by atoms with Gasteiger partial charge in [0.15, 0.2) is 0 Å². The van der Waals surface area contributed by atoms with E-state index in [0.717, 1.165) is 27.0 Å². The van der Waals surface area contributed by atoms with E-state index in [0.29, 0.717) is 22.6 Å². The minimum absolute atomic E-state index is 0.0744. The number of thiazole rings is 1. The van der Waals surface area contributed by atoms with Gasteiger partial charge in [0.1, 0.15) is 17.9 Å². The normalized spacial score (nSPS) is 11.2. The number of hydrogen-bond donors (Lipinski definition) is 2. The number of aromatic nitrogens is 5. The molecule has 0 atom stereocenters. The van der Waals surface area contributed by atoms with E-state index in [1.807, 2.05) is 43.0 Å². The molecule has 0 saturated carbocycles. The predicted molar refractivity (Wildman–Crippen MR) is 113 cm³/mol. The molecule has 0 fully saturated rings. The highest BCUT2D eigenvalue weighted by molar-refractivity contribution is 7.16. The van der Waals surface area contributed by atoms with Crippen molar-refractivity contribution in [1.82, 2.24) is 24.7 Å². The molecule has 8 nitrogen and oxygen atoms in total. The van der Waals surface area contributed by atoms with Crippen LogP contribution in [0.4, 0.5) is 11.5 Å². The number of aromatic hydroxyl groups is 1. The third-order valence-corrected chi connectivity index (χ3v) is 5.40. The quantitative estimate of drug-likeness (QED) is 0.465. The Morgan fingerprint density at radius 2 is 2.00 bits per heavy atom. The summed E-state index contributed by atoms with van der Waals surface area (Å²) in [6, 6.07) is 9.44. The fraction of sp³-hybridized carbons (Fsp3) is 0.100. The van der Waals surface area contributed by atoms with Crippen molar-refractivity contribution < 1.29 is 9.84 Å². The smallest absolute Gasteiger partial charge is 0.240 e. The van der Waals surface area contributed by atoms with E-state index in [2.05, 4.69) is 25.4 Å². The summed E-state index contributed by atoms with van der Waals surface area (Å²) < 4.78 is 8.08. The Hall–Kier alpha value is -3.72. The van der Waals surface area contributed by atoms with Crippen molar-refractivity contribution >= 4 is 44.0 Å². The standard InChI is InChI=1S/C20H16N6O2S/c1-26-8-13(20(25-26)28-2)11-5-15-18(16(27)6-11)19(22-9-21-15)24-12-3-4-14-17(7-12)29-10-23-14/h3-10,27H,1-2H3,(H,21,22,24). The van der Waals surface area contributed by atoms with Gasteiger partial charge in [-0.1, -0.05) is 0 Å². The second-order valence-electron chi connectivity index (χ2n) is 6.50. The van der Waals surface area contributed by atoms with Gasteiger partial charge in [-0.3, -0.25) is 4.68 Å². The number of rotatable bonds is 4. The molecular weight excluding hydrogens is 388 g/mol. The Morgan fingerprint density at radius 1 is 1.10 bits per heavy atom. The molecular formula is C20H16N6O2S. The van der Waals surface area contributed by atoms with E-state index in [1.54, 1.807) is 29.2 Å². The van der Waals surface area contributed by atoms with E-state index in [1.165, 1.54) is 6.33 Å². The van der Waals surface area contributed by atoms with E-state index in [4.69, 9.17) is 4.74 Å². The van der Waals surface area contributed by atoms with Crippen LogP contribution in [0.5, 0.6) is 11.6 Å². The Balaban J connectivity index is 1.60. The first-order valence-corrected chi connectivity index (χ1v) is 9.66. The highest BCUT2D eigenvalue weighted by Crippen LogP contribution is 2.38. The Kier molecular flexibility index (Phi) is 4.02. The average Bonchev–Trinajstić information content (AvgIpc) is 3.33. The Bertz CT molecular complexity index is 1360. The van der Waals surface area contributed by atoms with Crippen molar-refractivity contribution in [1.29, 1.82) is 0 Å². The van der Waals surface area contributed by atoms with Crippen molar-refractivity contribution in [3.8, 4) is 22.8 Å². The molecule has 3 aromatic heterocycles. The summed E-state index contributed by atoms with van der Waals surface area (Å²) in [6.45, 7) is 0. The summed E-state index contributed by atoms with van der Waals surface area (Å²) in [5.74, 6) is 1.09. The van der Waals surface area contributed by atoms with Crippen LogP contribution in [0, 0.1) is 0 Å². The number of anilines is 2. The zero-order chi connectivity index (χ0) is 20.0. The van der Waals surface area contributed by atoms with Gasteiger partial charge in [0.05, 0.1) is 39.3 Å². The lowest BCUT2D eigenvalue weighted by Crippen LogP contribution is -1.96. The van der Waals surface area contributed by atoms with Crippen LogP contribution in [-0.2, 0) is 7.05 Å². The number of phenolic OH excluding ortho intramolecular Hbond substituents is 1. The van der Waals surface area contributed by atoms with Crippen molar-refractivity contribution in [3.05, 3.63) is 48.4 Å². The van der Waals surface area contributed by atoms with Crippen LogP contribution in [0.2, 0.25) is 0 Å². The lowest BCUT2D eigenvalue weighted by molar-refractivity contribution is 0.393. The largest absolute Gasteiger partial charge is 0.507 e. The molecule has 0 aliphatic rings. The van der Waals surface area contributed by atoms with Crippen LogP contribution in [0.1, 0.15) is 0 Å². The summed E-state index contributed by atoms with van der Waals surface area (Å²) in [5.41, 5.74) is 5.77. The minimum atomic E-state index is 0.0744. The molecule has 0 bridgehead atoms. The number of aryl methyl sites for hydroxylation is 1. The molecule has 2 aromatic carbocycles. The van der Waals surface area contributed by atoms with Gasteiger partial charge in [0, 0.05) is 18.9 Å². The van der Waals surface area contributed by atoms with Gasteiger partial charge in [-0.05, 0) is 35.9 Å². The molecule has 9 heteroatoms. The average molecular weight is 404 g/mol. The van der Waals surface area contributed by atoms with E-state index < -0.39 is 0 Å². The zero-order valence-electron chi connectivity index (χ0n) is 15.6. The lowest BCUT2D eigenvalue weighted by Gasteiger charge is -2.11. The molecule has 144 valence electrons. The molecule has 29 heavy (non-hydrogen) atoms. The molecule has 0 amide bonds. The van der Waals surface area contributed by atoms with E-state index >= 15 is 0 Å². The van der Waals surface area contributed by atoms with Crippen molar-refractivity contribution in [3.63, 3.8) is 0 Å². The van der Waals surface area contributed by atoms with Crippen LogP contribution < -0.4 is 10.1 Å². The molecule has 0 aliphatic carbocycles. The number of fused-ring (bicyclic) bond motifs is 2. The van der Waals surface area contributed by atoms with Crippen molar-refractivity contribution in [2.45, 2.75) is 0 Å². The highest BCUT2D eigenvalue weighted by Gasteiger charge is 2.16. The first-order valence-electron chi connectivity index (χ1n) is 8.78. The van der Waals surface area contributed by atoms with Crippen LogP contribution in [0.15, 0.2) is 48.4 Å². The third-order valence-electron chi connectivity index (χ3n) is 4.61. The molecule has 0 radical (unpaired) electrons. The summed E-state index contributed by atoms with van der Waals surface area (Å²) in [6.07, 6.45) is 3.31. The summed E-state index contributed by atoms with van der Waals surface area (Å²) in [7, 11) is 3.38. The van der Waals surface area contributed by atoms with Crippen molar-refractivity contribution in [2.24, 2.45) is 7.05 Å². The maximum Gasteiger partial charge on any atom is 0.240 e. The first-order chi connectivity index (χ1) is 14.1. The van der Waals surface area contributed by atoms with E-state index in [-0.39, 0.29) is 5.75 Å². The maximum absolute atomic E-state index is 10.8. The number of hydrogen-bond acceptors (Lipinski definition) is 8. The van der Waals surface area contributed by atoms with Gasteiger partial charge in [-0.15, -0.1) is 16.4 Å². The predicted octanol–water partition coefficient (Wildman–Crippen LogP) is 4.10. The first kappa shape index (κ1) is 17.4.